The number of aromatic nitrogens is 5. The Morgan fingerprint density at radius 3 is 2.62 bits per heavy atom. The molecular formula is C22H16F3N7OS. The number of nitrogens with one attached hydrogen (secondary N) is 3. The fourth-order valence-electron chi connectivity index (χ4n) is 3.41. The summed E-state index contributed by atoms with van der Waals surface area (Å²) in [5.41, 5.74) is 8.63. The van der Waals surface area contributed by atoms with Gasteiger partial charge in [-0.1, -0.05) is 24.3 Å². The van der Waals surface area contributed by atoms with E-state index in [1.54, 1.807) is 12.3 Å². The molecule has 0 atom stereocenters. The van der Waals surface area contributed by atoms with Gasteiger partial charge in [0.25, 0.3) is 5.91 Å². The number of H-pyrrole nitrogens is 2. The topological polar surface area (TPSA) is 125 Å². The molecule has 1 amide bonds. The Hall–Kier alpha value is -4.03. The van der Waals surface area contributed by atoms with E-state index in [4.69, 9.17) is 5.73 Å². The second-order valence-corrected chi connectivity index (χ2v) is 8.27. The van der Waals surface area contributed by atoms with Gasteiger partial charge in [0.15, 0.2) is 0 Å². The molecule has 3 heterocycles. The van der Waals surface area contributed by atoms with Gasteiger partial charge < -0.3 is 11.1 Å². The van der Waals surface area contributed by atoms with Crippen LogP contribution in [0.4, 0.5) is 18.9 Å². The van der Waals surface area contributed by atoms with Crippen LogP contribution >= 0.6 is 11.3 Å². The predicted octanol–water partition coefficient (Wildman–Crippen LogP) is 4.81. The van der Waals surface area contributed by atoms with E-state index < -0.39 is 17.8 Å². The molecule has 2 aromatic carbocycles. The summed E-state index contributed by atoms with van der Waals surface area (Å²) in [5, 5.41) is 17.9. The van der Waals surface area contributed by atoms with Gasteiger partial charge in [0.2, 0.25) is 0 Å². The zero-order valence-corrected chi connectivity index (χ0v) is 18.1. The molecule has 5 aromatic rings. The normalized spacial score (nSPS) is 11.8. The molecule has 8 nitrogen and oxygen atoms in total. The highest BCUT2D eigenvalue weighted by Gasteiger charge is 2.33. The Balaban J connectivity index is 1.45. The van der Waals surface area contributed by atoms with Crippen LogP contribution in [0.5, 0.6) is 0 Å². The number of hydrogen-bond donors (Lipinski definition) is 4. The van der Waals surface area contributed by atoms with Gasteiger partial charge in [-0.25, -0.2) is 4.98 Å². The first-order chi connectivity index (χ1) is 16.3. The van der Waals surface area contributed by atoms with Crippen molar-refractivity contribution in [3.05, 3.63) is 71.0 Å². The highest BCUT2D eigenvalue weighted by Crippen LogP contribution is 2.34. The first-order valence-electron chi connectivity index (χ1n) is 9.98. The van der Waals surface area contributed by atoms with Gasteiger partial charge in [-0.2, -0.15) is 23.4 Å². The number of rotatable bonds is 5. The average Bonchev–Trinajstić information content (AvgIpc) is 3.58. The molecule has 0 saturated heterocycles. The minimum absolute atomic E-state index is 0.0101. The van der Waals surface area contributed by atoms with E-state index in [9.17, 15) is 18.0 Å². The Labute approximate surface area is 194 Å². The van der Waals surface area contributed by atoms with Crippen molar-refractivity contribution < 1.29 is 18.0 Å². The minimum atomic E-state index is -4.55. The molecule has 0 aliphatic carbocycles. The molecule has 0 aliphatic heterocycles. The zero-order valence-electron chi connectivity index (χ0n) is 17.3. The Bertz CT molecular complexity index is 1480. The second kappa shape index (κ2) is 8.39. The molecule has 0 aliphatic rings. The molecule has 0 radical (unpaired) electrons. The van der Waals surface area contributed by atoms with Crippen molar-refractivity contribution in [2.24, 2.45) is 5.73 Å². The second-order valence-electron chi connectivity index (χ2n) is 7.41. The van der Waals surface area contributed by atoms with Crippen molar-refractivity contribution in [3.63, 3.8) is 0 Å². The van der Waals surface area contributed by atoms with Gasteiger partial charge in [-0.15, -0.1) is 11.3 Å². The lowest BCUT2D eigenvalue weighted by molar-refractivity contribution is -0.141. The van der Waals surface area contributed by atoms with Crippen LogP contribution in [-0.2, 0) is 12.7 Å². The Morgan fingerprint density at radius 2 is 1.91 bits per heavy atom. The number of carbonyl (C=O) groups is 1. The monoisotopic (exact) mass is 483 g/mol. The lowest BCUT2D eigenvalue weighted by Gasteiger charge is -2.12. The minimum Gasteiger partial charge on any atom is -0.326 e. The van der Waals surface area contributed by atoms with E-state index in [2.05, 4.69) is 25.6 Å². The molecule has 0 fully saturated rings. The van der Waals surface area contributed by atoms with Crippen LogP contribution in [0.25, 0.3) is 32.7 Å². The smallest absolute Gasteiger partial charge is 0.326 e. The standard InChI is InChI=1S/C22H16F3N7OS/c23-22(24,25)19-7-17(31-32-19)21-29-18(10-34-21)20(33)28-16-6-15-13(9-27-30-15)5-14(16)12-3-1-11(8-26)2-4-12/h1-7,9-10H,8,26H2,(H,27,30)(H,28,33)(H,31,32). The number of halogens is 3. The van der Waals surface area contributed by atoms with Crippen LogP contribution < -0.4 is 11.1 Å². The third-order valence-corrected chi connectivity index (χ3v) is 6.03. The number of carbonyl (C=O) groups excluding carboxylic acids is 1. The molecule has 0 bridgehead atoms. The van der Waals surface area contributed by atoms with Crippen molar-refractivity contribution >= 4 is 33.8 Å². The van der Waals surface area contributed by atoms with Gasteiger partial charge >= 0.3 is 6.18 Å². The van der Waals surface area contributed by atoms with Gasteiger partial charge in [0.1, 0.15) is 22.1 Å². The quantitative estimate of drug-likeness (QED) is 0.286. The van der Waals surface area contributed by atoms with Crippen LogP contribution in [0.3, 0.4) is 0 Å². The molecule has 172 valence electrons. The molecule has 0 unspecified atom stereocenters. The summed E-state index contributed by atoms with van der Waals surface area (Å²) in [5.74, 6) is -0.507. The lowest BCUT2D eigenvalue weighted by Crippen LogP contribution is -2.13. The van der Waals surface area contributed by atoms with Crippen molar-refractivity contribution in [2.45, 2.75) is 12.7 Å². The number of thiazole rings is 1. The van der Waals surface area contributed by atoms with Crippen molar-refractivity contribution in [1.82, 2.24) is 25.4 Å². The summed E-state index contributed by atoms with van der Waals surface area (Å²) in [4.78, 5) is 17.1. The molecule has 3 aromatic heterocycles. The summed E-state index contributed by atoms with van der Waals surface area (Å²) in [6, 6.07) is 12.2. The number of aromatic amines is 2. The first kappa shape index (κ1) is 21.8. The Morgan fingerprint density at radius 1 is 1.12 bits per heavy atom. The van der Waals surface area contributed by atoms with Crippen LogP contribution in [0.1, 0.15) is 21.7 Å². The largest absolute Gasteiger partial charge is 0.432 e. The maximum Gasteiger partial charge on any atom is 0.432 e. The summed E-state index contributed by atoms with van der Waals surface area (Å²) in [7, 11) is 0. The number of fused-ring (bicyclic) bond motifs is 1. The number of hydrogen-bond acceptors (Lipinski definition) is 6. The third kappa shape index (κ3) is 4.16. The molecule has 5 N–H and O–H groups in total. The number of anilines is 1. The third-order valence-electron chi connectivity index (χ3n) is 5.17. The Kier molecular flexibility index (Phi) is 5.38. The molecule has 0 spiro atoms. The van der Waals surface area contributed by atoms with Crippen LogP contribution in [0, 0.1) is 0 Å². The summed E-state index contributed by atoms with van der Waals surface area (Å²) in [6.07, 6.45) is -2.86. The van der Waals surface area contributed by atoms with Gasteiger partial charge in [-0.05, 0) is 29.3 Å². The highest BCUT2D eigenvalue weighted by molar-refractivity contribution is 7.13. The van der Waals surface area contributed by atoms with Gasteiger partial charge in [0.05, 0.1) is 17.4 Å². The van der Waals surface area contributed by atoms with E-state index in [0.29, 0.717) is 12.2 Å². The maximum absolute atomic E-state index is 13.0. The molecule has 34 heavy (non-hydrogen) atoms. The summed E-state index contributed by atoms with van der Waals surface area (Å²) in [6.45, 7) is 0.414. The van der Waals surface area contributed by atoms with E-state index in [1.165, 1.54) is 5.38 Å². The van der Waals surface area contributed by atoms with Gasteiger partial charge in [0, 0.05) is 22.9 Å². The molecule has 5 rings (SSSR count). The lowest BCUT2D eigenvalue weighted by atomic mass is 10.00. The fraction of sp³-hybridized carbons (Fsp3) is 0.0909. The maximum atomic E-state index is 13.0. The van der Waals surface area contributed by atoms with E-state index >= 15 is 0 Å². The molecule has 12 heteroatoms. The average molecular weight is 483 g/mol. The number of nitrogens with zero attached hydrogens (tertiary/aromatic N) is 3. The SMILES string of the molecule is NCc1ccc(-c2cc3cn[nH]c3cc2NC(=O)c2csc(-c3cc(C(F)(F)F)[nH]n3)n2)cc1. The van der Waals surface area contributed by atoms with Crippen molar-refractivity contribution in [2.75, 3.05) is 5.32 Å². The number of benzene rings is 2. The van der Waals surface area contributed by atoms with Crippen LogP contribution in [-0.4, -0.2) is 31.3 Å². The van der Waals surface area contributed by atoms with Crippen molar-refractivity contribution in [3.8, 4) is 21.8 Å². The summed E-state index contributed by atoms with van der Waals surface area (Å²) >= 11 is 1.02. The zero-order chi connectivity index (χ0) is 23.9. The van der Waals surface area contributed by atoms with Gasteiger partial charge in [-0.3, -0.25) is 15.0 Å². The van der Waals surface area contributed by atoms with E-state index in [0.717, 1.165) is 45.0 Å². The predicted molar refractivity (Wildman–Crippen MR) is 122 cm³/mol. The van der Waals surface area contributed by atoms with E-state index in [1.807, 2.05) is 35.4 Å². The number of amides is 1. The summed E-state index contributed by atoms with van der Waals surface area (Å²) < 4.78 is 38.5. The van der Waals surface area contributed by atoms with Crippen molar-refractivity contribution in [1.29, 1.82) is 0 Å². The van der Waals surface area contributed by atoms with Crippen LogP contribution in [0.2, 0.25) is 0 Å². The first-order valence-corrected chi connectivity index (χ1v) is 10.9. The van der Waals surface area contributed by atoms with E-state index in [-0.39, 0.29) is 16.4 Å². The van der Waals surface area contributed by atoms with Crippen LogP contribution in [0.15, 0.2) is 54.0 Å². The molecular weight excluding hydrogens is 467 g/mol. The number of nitrogens with two attached hydrogens (primary N) is 1. The fourth-order valence-corrected chi connectivity index (χ4v) is 4.17. The molecule has 0 saturated carbocycles. The highest BCUT2D eigenvalue weighted by atomic mass is 32.1. The number of alkyl halides is 3.